The first-order chi connectivity index (χ1) is 64.4. The zero-order chi connectivity index (χ0) is 92.8. The number of nitrogens with zero attached hydrogens (tertiary/aromatic N) is 2. The third-order valence-corrected chi connectivity index (χ3v) is 33.9. The van der Waals surface area contributed by atoms with Gasteiger partial charge in [0.15, 0.2) is 11.5 Å². The van der Waals surface area contributed by atoms with E-state index >= 15 is 19.2 Å². The SMILES string of the molecule is CCCCCCCCCCC(CCCCCCCC)COC(=O)C1CC(Oc2c(OC3CC(C(=O)OCC(CCCCCCCC)CCCCCCCCCC)CC(C(=O)OCC(CCCCCCCC)CCCCCCCCCC)C3)c(-c3cc4sccc4s3)c3nsnc3c2-c2cc3sccc3s2)CC(C(=O)OCC(CCCCCCCC)CCCCCCCCCC)C1. The van der Waals surface area contributed by atoms with Crippen LogP contribution in [0.3, 0.4) is 0 Å². The van der Waals surface area contributed by atoms with Gasteiger partial charge in [-0.25, -0.2) is 0 Å². The molecule has 0 saturated heterocycles. The molecule has 2 saturated carbocycles. The van der Waals surface area contributed by atoms with E-state index in [1.807, 2.05) is 0 Å². The third kappa shape index (κ3) is 43.8. The maximum Gasteiger partial charge on any atom is 0.309 e. The Bertz CT molecular complexity index is 3460. The monoisotopic (exact) mass is 1910 g/mol. The minimum absolute atomic E-state index is 0.258. The van der Waals surface area contributed by atoms with Crippen LogP contribution in [0.5, 0.6) is 11.5 Å². The topological polar surface area (TPSA) is 149 Å². The second-order valence-corrected chi connectivity index (χ2v) is 45.4. The van der Waals surface area contributed by atoms with Gasteiger partial charge in [0.05, 0.1) is 73.0 Å². The Balaban J connectivity index is 1.20. The number of unbranched alkanes of at least 4 members (excludes halogenated alkanes) is 48. The van der Waals surface area contributed by atoms with E-state index in [0.29, 0.717) is 87.5 Å². The van der Waals surface area contributed by atoms with Gasteiger partial charge in [-0.15, -0.1) is 45.3 Å². The van der Waals surface area contributed by atoms with Crippen LogP contribution in [0.25, 0.3) is 50.7 Å². The highest BCUT2D eigenvalue weighted by atomic mass is 32.1. The zero-order valence-electron chi connectivity index (χ0n) is 84.6. The number of carbonyl (C=O) groups excluding carboxylic acids is 4. The maximum absolute atomic E-state index is 15.7. The lowest BCUT2D eigenvalue weighted by Crippen LogP contribution is -2.40. The fourth-order valence-corrected chi connectivity index (χ4v) is 25.7. The van der Waals surface area contributed by atoms with E-state index in [1.165, 1.54) is 320 Å². The Morgan fingerprint density at radius 1 is 0.282 bits per heavy atom. The van der Waals surface area contributed by atoms with Crippen LogP contribution in [-0.4, -0.2) is 71.3 Å². The first kappa shape index (κ1) is 112. The quantitative estimate of drug-likeness (QED) is 0.0203. The fourth-order valence-electron chi connectivity index (χ4n) is 20.9. The molecular weight excluding hydrogens is 1720 g/mol. The molecule has 2 aliphatic rings. The highest BCUT2D eigenvalue weighted by Crippen LogP contribution is 2.57. The van der Waals surface area contributed by atoms with Gasteiger partial charge in [0.25, 0.3) is 0 Å². The van der Waals surface area contributed by atoms with E-state index < -0.39 is 35.9 Å². The van der Waals surface area contributed by atoms with Crippen molar-refractivity contribution in [3.63, 3.8) is 0 Å². The van der Waals surface area contributed by atoms with Crippen LogP contribution in [0.4, 0.5) is 0 Å². The number of fused-ring (bicyclic) bond motifs is 3. The molecule has 5 heterocycles. The molecule has 2 fully saturated rings. The molecule has 1 aromatic carbocycles. The lowest BCUT2D eigenvalue weighted by Gasteiger charge is -2.36. The molecule has 0 radical (unpaired) electrons. The maximum atomic E-state index is 15.7. The van der Waals surface area contributed by atoms with Crippen molar-refractivity contribution in [1.29, 1.82) is 0 Å². The van der Waals surface area contributed by atoms with Gasteiger partial charge in [-0.05, 0) is 149 Å². The van der Waals surface area contributed by atoms with E-state index in [2.05, 4.69) is 90.4 Å². The van der Waals surface area contributed by atoms with Crippen LogP contribution < -0.4 is 9.47 Å². The predicted molar refractivity (Wildman–Crippen MR) is 564 cm³/mol. The number of benzene rings is 1. The minimum atomic E-state index is -0.681. The van der Waals surface area contributed by atoms with Crippen molar-refractivity contribution in [3.05, 3.63) is 35.0 Å². The van der Waals surface area contributed by atoms with Crippen LogP contribution >= 0.6 is 57.1 Å². The molecule has 0 amide bonds. The summed E-state index contributed by atoms with van der Waals surface area (Å²) in [5, 5.41) is 4.30. The normalized spacial score (nSPS) is 17.5. The van der Waals surface area contributed by atoms with Crippen LogP contribution in [-0.2, 0) is 38.1 Å². The molecule has 131 heavy (non-hydrogen) atoms. The van der Waals surface area contributed by atoms with E-state index in [9.17, 15) is 0 Å². The van der Waals surface area contributed by atoms with Crippen molar-refractivity contribution < 1.29 is 47.6 Å². The van der Waals surface area contributed by atoms with Crippen molar-refractivity contribution in [2.45, 2.75) is 517 Å². The Hall–Kier alpha value is -4.16. The van der Waals surface area contributed by atoms with Gasteiger partial charge in [0.1, 0.15) is 23.2 Å². The minimum Gasteiger partial charge on any atom is -0.486 e. The number of ether oxygens (including phenoxy) is 6. The molecule has 8 unspecified atom stereocenters. The third-order valence-electron chi connectivity index (χ3n) is 29.2. The Kier molecular flexibility index (Phi) is 60.3. The van der Waals surface area contributed by atoms with Crippen LogP contribution in [0.1, 0.15) is 505 Å². The summed E-state index contributed by atoms with van der Waals surface area (Å²) in [6.45, 7) is 19.8. The number of carbonyl (C=O) groups is 4. The number of aromatic nitrogens is 2. The van der Waals surface area contributed by atoms with Gasteiger partial charge >= 0.3 is 23.9 Å². The number of hydrogen-bond donors (Lipinski definition) is 0. The van der Waals surface area contributed by atoms with Gasteiger partial charge in [-0.1, -0.05) is 415 Å². The largest absolute Gasteiger partial charge is 0.486 e. The molecule has 12 nitrogen and oxygen atoms in total. The Morgan fingerprint density at radius 2 is 0.489 bits per heavy atom. The van der Waals surface area contributed by atoms with E-state index in [0.717, 1.165) is 142 Å². The Labute approximate surface area is 819 Å². The predicted octanol–water partition coefficient (Wildman–Crippen LogP) is 37.7. The average molecular weight is 1910 g/mol. The molecule has 17 heteroatoms. The Morgan fingerprint density at radius 3 is 0.695 bits per heavy atom. The molecule has 5 aromatic heterocycles. The second-order valence-electron chi connectivity index (χ2n) is 40.8. The van der Waals surface area contributed by atoms with Crippen LogP contribution in [0, 0.1) is 47.3 Å². The molecule has 744 valence electrons. The van der Waals surface area contributed by atoms with E-state index in [-0.39, 0.29) is 47.5 Å². The molecule has 8 rings (SSSR count). The highest BCUT2D eigenvalue weighted by Gasteiger charge is 2.44. The highest BCUT2D eigenvalue weighted by molar-refractivity contribution is 7.29. The average Bonchev–Trinajstić information content (AvgIpc) is 1.64. The van der Waals surface area contributed by atoms with Crippen molar-refractivity contribution >= 4 is 111 Å². The van der Waals surface area contributed by atoms with Gasteiger partial charge in [0.2, 0.25) is 0 Å². The smallest absolute Gasteiger partial charge is 0.309 e. The molecular formula is C114H188N2O10S5. The lowest BCUT2D eigenvalue weighted by atomic mass is 9.79. The van der Waals surface area contributed by atoms with Crippen molar-refractivity contribution in [3.8, 4) is 32.4 Å². The summed E-state index contributed by atoms with van der Waals surface area (Å²) in [5.74, 6) is -1.65. The summed E-state index contributed by atoms with van der Waals surface area (Å²) in [6.07, 6.45) is 78.2. The molecule has 0 spiro atoms. The number of rotatable bonds is 82. The summed E-state index contributed by atoms with van der Waals surface area (Å²) in [7, 11) is 0. The van der Waals surface area contributed by atoms with Crippen LogP contribution in [0.2, 0.25) is 0 Å². The van der Waals surface area contributed by atoms with Gasteiger partial charge in [-0.2, -0.15) is 8.75 Å². The molecule has 0 bridgehead atoms. The standard InChI is InChI=1S/C114H188N2O10S5/c1-9-17-25-33-41-45-53-61-69-89(65-57-49-37-29-21-13-5)85-121-111(117)93-77-94(112(118)122-86-90(66-58-50-38-30-22-14-6)70-62-54-46-42-34-26-18-10-2)80-97(79-93)125-109-105(103-83-101-99(129-103)73-75-127-101)107-108(116-131-115-107)106(104-84-102-100(130-104)74-76-128-102)110(109)126-98-81-95(113(119)123-87-91(67-59-51-39-31-23-15-7)71-63-55-47-43-35-27-19-11-3)78-96(82-98)114(120)124-88-92(68-60-52-40-32-24-16-8)72-64-56-48-44-36-28-20-12-4/h73-76,83-84,89-98H,9-72,77-82,85-88H2,1-8H3. The number of thiophene rings is 4. The number of esters is 4. The molecule has 8 atom stereocenters. The van der Waals surface area contributed by atoms with Gasteiger partial charge in [0, 0.05) is 28.6 Å². The summed E-state index contributed by atoms with van der Waals surface area (Å²) in [6, 6.07) is 8.88. The first-order valence-corrected chi connectivity index (χ1v) is 59.8. The zero-order valence-corrected chi connectivity index (χ0v) is 88.7. The number of hydrogen-bond acceptors (Lipinski definition) is 17. The first-order valence-electron chi connectivity index (χ1n) is 55.7. The summed E-state index contributed by atoms with van der Waals surface area (Å²) >= 11 is 7.98. The van der Waals surface area contributed by atoms with Crippen molar-refractivity contribution in [1.82, 2.24) is 8.75 Å². The van der Waals surface area contributed by atoms with Crippen molar-refractivity contribution in [2.24, 2.45) is 47.3 Å². The molecule has 6 aromatic rings. The summed E-state index contributed by atoms with van der Waals surface area (Å²) in [4.78, 5) is 64.5. The van der Waals surface area contributed by atoms with Gasteiger partial charge in [-0.3, -0.25) is 19.2 Å². The lowest BCUT2D eigenvalue weighted by molar-refractivity contribution is -0.160. The summed E-state index contributed by atoms with van der Waals surface area (Å²) < 4.78 is 58.3. The van der Waals surface area contributed by atoms with E-state index in [1.54, 1.807) is 45.3 Å². The van der Waals surface area contributed by atoms with Crippen molar-refractivity contribution in [2.75, 3.05) is 26.4 Å². The van der Waals surface area contributed by atoms with Crippen LogP contribution in [0.15, 0.2) is 35.0 Å². The van der Waals surface area contributed by atoms with E-state index in [4.69, 9.17) is 37.2 Å². The summed E-state index contributed by atoms with van der Waals surface area (Å²) in [5.41, 5.74) is 2.89. The fraction of sp³-hybridized carbons (Fsp3) is 0.807. The molecule has 0 aliphatic heterocycles. The van der Waals surface area contributed by atoms with Gasteiger partial charge < -0.3 is 28.4 Å². The second kappa shape index (κ2) is 70.5. The molecule has 0 N–H and O–H groups in total. The molecule has 2 aliphatic carbocycles.